The highest BCUT2D eigenvalue weighted by molar-refractivity contribution is 7.89. The number of nitrogens with one attached hydrogen (secondary N) is 1. The largest absolute Gasteiger partial charge is 0.348 e. The van der Waals surface area contributed by atoms with Gasteiger partial charge in [0, 0.05) is 43.4 Å². The Morgan fingerprint density at radius 3 is 2.96 bits per heavy atom. The number of sulfonamides is 1. The molecule has 0 spiro atoms. The number of ketones is 1. The van der Waals surface area contributed by atoms with Crippen molar-refractivity contribution in [3.05, 3.63) is 48.0 Å². The van der Waals surface area contributed by atoms with Gasteiger partial charge >= 0.3 is 0 Å². The smallest absolute Gasteiger partial charge is 0.243 e. The number of nitrogens with zero attached hydrogens (tertiary/aromatic N) is 2. The van der Waals surface area contributed by atoms with Crippen molar-refractivity contribution in [3.63, 3.8) is 0 Å². The highest BCUT2D eigenvalue weighted by Crippen LogP contribution is 2.29. The Morgan fingerprint density at radius 2 is 2.26 bits per heavy atom. The van der Waals surface area contributed by atoms with Crippen LogP contribution in [0.2, 0.25) is 0 Å². The maximum atomic E-state index is 12.8. The Kier molecular flexibility index (Phi) is 4.32. The van der Waals surface area contributed by atoms with E-state index in [1.165, 1.54) is 10.4 Å². The van der Waals surface area contributed by atoms with Crippen LogP contribution in [-0.4, -0.2) is 41.6 Å². The standard InChI is InChI=1S/C16H19N3O3S/c1-2-15(20)12-4-3-5-14(10-12)23(21,22)19-9-6-13(11-19)16-17-7-8-18-16/h3-5,7-8,10,13H,2,6,9,11H2,1H3,(H,17,18). The Balaban J connectivity index is 1.84. The summed E-state index contributed by atoms with van der Waals surface area (Å²) in [6.07, 6.45) is 4.51. The lowest BCUT2D eigenvalue weighted by molar-refractivity contribution is 0.0988. The fraction of sp³-hybridized carbons (Fsp3) is 0.375. The van der Waals surface area contributed by atoms with Crippen molar-refractivity contribution >= 4 is 15.8 Å². The number of carbonyl (C=O) groups excluding carboxylic acids is 1. The molecule has 7 heteroatoms. The van der Waals surface area contributed by atoms with Crippen molar-refractivity contribution in [1.29, 1.82) is 0 Å². The predicted molar refractivity (Wildman–Crippen MR) is 85.8 cm³/mol. The topological polar surface area (TPSA) is 83.1 Å². The highest BCUT2D eigenvalue weighted by Gasteiger charge is 2.34. The quantitative estimate of drug-likeness (QED) is 0.850. The summed E-state index contributed by atoms with van der Waals surface area (Å²) in [5.74, 6) is 0.842. The Labute approximate surface area is 135 Å². The summed E-state index contributed by atoms with van der Waals surface area (Å²) in [6.45, 7) is 2.62. The van der Waals surface area contributed by atoms with Crippen LogP contribution in [0.3, 0.4) is 0 Å². The minimum Gasteiger partial charge on any atom is -0.348 e. The number of Topliss-reactive ketones (excluding diaryl/α,β-unsaturated/α-hetero) is 1. The second kappa shape index (κ2) is 6.25. The van der Waals surface area contributed by atoms with Gasteiger partial charge < -0.3 is 4.98 Å². The minimum atomic E-state index is -3.59. The second-order valence-electron chi connectivity index (χ2n) is 5.63. The van der Waals surface area contributed by atoms with E-state index < -0.39 is 10.0 Å². The van der Waals surface area contributed by atoms with Gasteiger partial charge in [0.25, 0.3) is 0 Å². The van der Waals surface area contributed by atoms with Crippen LogP contribution in [0, 0.1) is 0 Å². The summed E-state index contributed by atoms with van der Waals surface area (Å²) in [5.41, 5.74) is 0.440. The maximum Gasteiger partial charge on any atom is 0.243 e. The first-order valence-corrected chi connectivity index (χ1v) is 9.09. The van der Waals surface area contributed by atoms with Crippen molar-refractivity contribution in [2.45, 2.75) is 30.6 Å². The zero-order chi connectivity index (χ0) is 16.4. The number of H-pyrrole nitrogens is 1. The van der Waals surface area contributed by atoms with Crippen molar-refractivity contribution in [3.8, 4) is 0 Å². The lowest BCUT2D eigenvalue weighted by atomic mass is 10.1. The molecule has 1 aliphatic heterocycles. The number of benzene rings is 1. The van der Waals surface area contributed by atoms with Gasteiger partial charge in [0.1, 0.15) is 5.82 Å². The fourth-order valence-electron chi connectivity index (χ4n) is 2.85. The highest BCUT2D eigenvalue weighted by atomic mass is 32.2. The average molecular weight is 333 g/mol. The molecule has 1 aliphatic rings. The van der Waals surface area contributed by atoms with Gasteiger partial charge in [0.15, 0.2) is 5.78 Å². The van der Waals surface area contributed by atoms with Crippen LogP contribution >= 0.6 is 0 Å². The molecule has 0 saturated carbocycles. The maximum absolute atomic E-state index is 12.8. The Morgan fingerprint density at radius 1 is 1.43 bits per heavy atom. The predicted octanol–water partition coefficient (Wildman–Crippen LogP) is 2.18. The summed E-state index contributed by atoms with van der Waals surface area (Å²) in [4.78, 5) is 19.2. The van der Waals surface area contributed by atoms with Crippen molar-refractivity contribution < 1.29 is 13.2 Å². The van der Waals surface area contributed by atoms with E-state index in [4.69, 9.17) is 0 Å². The molecule has 0 aliphatic carbocycles. The van der Waals surface area contributed by atoms with E-state index in [9.17, 15) is 13.2 Å². The van der Waals surface area contributed by atoms with Gasteiger partial charge in [-0.25, -0.2) is 13.4 Å². The molecule has 6 nitrogen and oxygen atoms in total. The first kappa shape index (κ1) is 15.9. The average Bonchev–Trinajstić information content (AvgIpc) is 3.25. The number of hydrogen-bond donors (Lipinski definition) is 1. The monoisotopic (exact) mass is 333 g/mol. The van der Waals surface area contributed by atoms with Gasteiger partial charge in [-0.2, -0.15) is 4.31 Å². The van der Waals surface area contributed by atoms with Crippen molar-refractivity contribution in [2.24, 2.45) is 0 Å². The molecule has 3 rings (SSSR count). The van der Waals surface area contributed by atoms with Crippen LogP contribution in [-0.2, 0) is 10.0 Å². The molecule has 0 amide bonds. The number of rotatable bonds is 5. The summed E-state index contributed by atoms with van der Waals surface area (Å²) in [7, 11) is -3.59. The normalized spacial score (nSPS) is 19.1. The molecular weight excluding hydrogens is 314 g/mol. The van der Waals surface area contributed by atoms with Gasteiger partial charge in [-0.15, -0.1) is 0 Å². The number of hydrogen-bond acceptors (Lipinski definition) is 4. The van der Waals surface area contributed by atoms with Crippen LogP contribution in [0.4, 0.5) is 0 Å². The molecule has 1 aromatic heterocycles. The molecule has 23 heavy (non-hydrogen) atoms. The van der Waals surface area contributed by atoms with E-state index in [1.54, 1.807) is 37.5 Å². The third-order valence-electron chi connectivity index (χ3n) is 4.17. The molecular formula is C16H19N3O3S. The van der Waals surface area contributed by atoms with Gasteiger partial charge in [0.05, 0.1) is 4.90 Å². The lowest BCUT2D eigenvalue weighted by Crippen LogP contribution is -2.29. The molecule has 1 unspecified atom stereocenters. The number of imidazole rings is 1. The zero-order valence-corrected chi connectivity index (χ0v) is 13.7. The third-order valence-corrected chi connectivity index (χ3v) is 6.03. The summed E-state index contributed by atoms with van der Waals surface area (Å²) in [5, 5.41) is 0. The van der Waals surface area contributed by atoms with E-state index in [-0.39, 0.29) is 16.6 Å². The SMILES string of the molecule is CCC(=O)c1cccc(S(=O)(=O)N2CCC(c3ncc[nH]3)C2)c1. The number of aromatic amines is 1. The molecule has 1 saturated heterocycles. The Hall–Kier alpha value is -1.99. The van der Waals surface area contributed by atoms with E-state index >= 15 is 0 Å². The third kappa shape index (κ3) is 3.07. The lowest BCUT2D eigenvalue weighted by Gasteiger charge is -2.16. The van der Waals surface area contributed by atoms with Gasteiger partial charge in [-0.05, 0) is 18.6 Å². The summed E-state index contributed by atoms with van der Waals surface area (Å²) >= 11 is 0. The van der Waals surface area contributed by atoms with E-state index in [0.29, 0.717) is 25.1 Å². The molecule has 1 aromatic carbocycles. The van der Waals surface area contributed by atoms with Crippen molar-refractivity contribution in [2.75, 3.05) is 13.1 Å². The number of aromatic nitrogens is 2. The summed E-state index contributed by atoms with van der Waals surface area (Å²) < 4.78 is 27.1. The minimum absolute atomic E-state index is 0.0584. The molecule has 2 aromatic rings. The molecule has 0 radical (unpaired) electrons. The van der Waals surface area contributed by atoms with Gasteiger partial charge in [-0.3, -0.25) is 4.79 Å². The molecule has 0 bridgehead atoms. The molecule has 2 heterocycles. The van der Waals surface area contributed by atoms with Crippen LogP contribution in [0.15, 0.2) is 41.6 Å². The molecule has 1 fully saturated rings. The zero-order valence-electron chi connectivity index (χ0n) is 12.9. The van der Waals surface area contributed by atoms with Crippen LogP contribution in [0.1, 0.15) is 41.9 Å². The van der Waals surface area contributed by atoms with Gasteiger partial charge in [-0.1, -0.05) is 19.1 Å². The van der Waals surface area contributed by atoms with E-state index in [0.717, 1.165) is 12.2 Å². The Bertz CT molecular complexity index is 800. The molecule has 122 valence electrons. The van der Waals surface area contributed by atoms with Crippen LogP contribution < -0.4 is 0 Å². The molecule has 1 atom stereocenters. The second-order valence-corrected chi connectivity index (χ2v) is 7.57. The van der Waals surface area contributed by atoms with Gasteiger partial charge in [0.2, 0.25) is 10.0 Å². The van der Waals surface area contributed by atoms with Crippen LogP contribution in [0.5, 0.6) is 0 Å². The molecule has 1 N–H and O–H groups in total. The van der Waals surface area contributed by atoms with Crippen molar-refractivity contribution in [1.82, 2.24) is 14.3 Å². The van der Waals surface area contributed by atoms with Crippen LogP contribution in [0.25, 0.3) is 0 Å². The van der Waals surface area contributed by atoms with E-state index in [1.807, 2.05) is 0 Å². The number of carbonyl (C=O) groups is 1. The first-order valence-electron chi connectivity index (χ1n) is 7.65. The summed E-state index contributed by atoms with van der Waals surface area (Å²) in [6, 6.07) is 6.29. The van der Waals surface area contributed by atoms with E-state index in [2.05, 4.69) is 9.97 Å². The first-order chi connectivity index (χ1) is 11.0. The fourth-order valence-corrected chi connectivity index (χ4v) is 4.40.